The van der Waals surface area contributed by atoms with Crippen molar-refractivity contribution >= 4 is 11.7 Å². The standard InChI is InChI=1S/C26H26N6O3/c33-26(21-16-22(34-29-21)18-6-2-1-3-7-18)32-14-12-31(13-15-32)23-11-10-20(17-27-23)24-28-25(35-30-24)19-8-4-5-9-19/h1-3,6-7,10-11,16-17,19H,4-5,8-9,12-15H2. The molecule has 1 aliphatic heterocycles. The Morgan fingerprint density at radius 3 is 2.43 bits per heavy atom. The van der Waals surface area contributed by atoms with Gasteiger partial charge in [-0.05, 0) is 25.0 Å². The van der Waals surface area contributed by atoms with Crippen molar-refractivity contribution in [1.82, 2.24) is 25.2 Å². The van der Waals surface area contributed by atoms with Gasteiger partial charge in [-0.2, -0.15) is 4.98 Å². The van der Waals surface area contributed by atoms with Gasteiger partial charge >= 0.3 is 0 Å². The summed E-state index contributed by atoms with van der Waals surface area (Å²) < 4.78 is 10.9. The van der Waals surface area contributed by atoms with Crippen molar-refractivity contribution in [3.05, 3.63) is 66.3 Å². The van der Waals surface area contributed by atoms with Gasteiger partial charge < -0.3 is 18.8 Å². The Kier molecular flexibility index (Phi) is 5.73. The van der Waals surface area contributed by atoms with E-state index >= 15 is 0 Å². The van der Waals surface area contributed by atoms with Crippen molar-refractivity contribution in [3.63, 3.8) is 0 Å². The molecular formula is C26H26N6O3. The van der Waals surface area contributed by atoms with Gasteiger partial charge in [0.1, 0.15) is 5.82 Å². The first-order chi connectivity index (χ1) is 17.2. The van der Waals surface area contributed by atoms with Crippen LogP contribution in [0.5, 0.6) is 0 Å². The molecular weight excluding hydrogens is 444 g/mol. The molecule has 2 fully saturated rings. The number of hydrogen-bond acceptors (Lipinski definition) is 8. The van der Waals surface area contributed by atoms with Crippen LogP contribution in [0, 0.1) is 0 Å². The predicted molar refractivity (Wildman–Crippen MR) is 129 cm³/mol. The first kappa shape index (κ1) is 21.5. The normalized spacial score (nSPS) is 16.7. The van der Waals surface area contributed by atoms with E-state index in [0.29, 0.717) is 49.4 Å². The van der Waals surface area contributed by atoms with Crippen LogP contribution >= 0.6 is 0 Å². The fourth-order valence-electron chi connectivity index (χ4n) is 4.81. The molecule has 0 unspecified atom stereocenters. The summed E-state index contributed by atoms with van der Waals surface area (Å²) in [6, 6.07) is 15.3. The van der Waals surface area contributed by atoms with Crippen LogP contribution in [0.25, 0.3) is 22.7 Å². The van der Waals surface area contributed by atoms with Crippen molar-refractivity contribution in [2.75, 3.05) is 31.1 Å². The van der Waals surface area contributed by atoms with Gasteiger partial charge in [0.2, 0.25) is 11.7 Å². The fraction of sp³-hybridized carbons (Fsp3) is 0.346. The molecule has 1 aliphatic carbocycles. The number of anilines is 1. The number of hydrogen-bond donors (Lipinski definition) is 0. The average molecular weight is 471 g/mol. The van der Waals surface area contributed by atoms with Crippen LogP contribution < -0.4 is 4.90 Å². The number of benzene rings is 1. The van der Waals surface area contributed by atoms with E-state index in [1.54, 1.807) is 17.2 Å². The maximum absolute atomic E-state index is 12.9. The molecule has 3 aromatic heterocycles. The Morgan fingerprint density at radius 1 is 0.886 bits per heavy atom. The molecule has 1 saturated carbocycles. The van der Waals surface area contributed by atoms with Crippen LogP contribution in [0.15, 0.2) is 63.8 Å². The van der Waals surface area contributed by atoms with Gasteiger partial charge in [-0.3, -0.25) is 4.79 Å². The predicted octanol–water partition coefficient (Wildman–Crippen LogP) is 4.41. The quantitative estimate of drug-likeness (QED) is 0.423. The molecule has 9 nitrogen and oxygen atoms in total. The number of amides is 1. The molecule has 2 aliphatic rings. The maximum Gasteiger partial charge on any atom is 0.276 e. The van der Waals surface area contributed by atoms with Gasteiger partial charge in [0.15, 0.2) is 11.5 Å². The number of carbonyl (C=O) groups excluding carboxylic acids is 1. The van der Waals surface area contributed by atoms with E-state index in [-0.39, 0.29) is 5.91 Å². The molecule has 4 heterocycles. The summed E-state index contributed by atoms with van der Waals surface area (Å²) in [5, 5.41) is 8.15. The minimum absolute atomic E-state index is 0.117. The topological polar surface area (TPSA) is 101 Å². The van der Waals surface area contributed by atoms with E-state index in [9.17, 15) is 4.79 Å². The van der Waals surface area contributed by atoms with Gasteiger partial charge in [-0.1, -0.05) is 53.5 Å². The van der Waals surface area contributed by atoms with Crippen LogP contribution in [0.4, 0.5) is 5.82 Å². The largest absolute Gasteiger partial charge is 0.355 e. The zero-order valence-corrected chi connectivity index (χ0v) is 19.3. The van der Waals surface area contributed by atoms with Crippen LogP contribution in [-0.2, 0) is 0 Å². The smallest absolute Gasteiger partial charge is 0.276 e. The van der Waals surface area contributed by atoms with Crippen LogP contribution in [0.1, 0.15) is 48.0 Å². The maximum atomic E-state index is 12.9. The average Bonchev–Trinajstić information content (AvgIpc) is 3.71. The Hall–Kier alpha value is -4.01. The molecule has 35 heavy (non-hydrogen) atoms. The van der Waals surface area contributed by atoms with Crippen molar-refractivity contribution in [2.45, 2.75) is 31.6 Å². The molecule has 4 aromatic rings. The molecule has 0 atom stereocenters. The lowest BCUT2D eigenvalue weighted by Crippen LogP contribution is -2.49. The third-order valence-electron chi connectivity index (χ3n) is 6.83. The van der Waals surface area contributed by atoms with E-state index in [2.05, 4.69) is 25.2 Å². The summed E-state index contributed by atoms with van der Waals surface area (Å²) in [6.07, 6.45) is 6.49. The van der Waals surface area contributed by atoms with Gasteiger partial charge in [-0.15, -0.1) is 0 Å². The second-order valence-corrected chi connectivity index (χ2v) is 9.06. The summed E-state index contributed by atoms with van der Waals surface area (Å²) in [4.78, 5) is 26.1. The molecule has 1 aromatic carbocycles. The summed E-state index contributed by atoms with van der Waals surface area (Å²) in [7, 11) is 0. The molecule has 1 saturated heterocycles. The monoisotopic (exact) mass is 470 g/mol. The highest BCUT2D eigenvalue weighted by atomic mass is 16.5. The number of pyridine rings is 1. The van der Waals surface area contributed by atoms with Crippen molar-refractivity contribution in [3.8, 4) is 22.7 Å². The number of nitrogens with zero attached hydrogens (tertiary/aromatic N) is 6. The fourth-order valence-corrected chi connectivity index (χ4v) is 4.81. The summed E-state index contributed by atoms with van der Waals surface area (Å²) in [6.45, 7) is 2.56. The number of rotatable bonds is 5. The summed E-state index contributed by atoms with van der Waals surface area (Å²) >= 11 is 0. The lowest BCUT2D eigenvalue weighted by Gasteiger charge is -2.35. The lowest BCUT2D eigenvalue weighted by molar-refractivity contribution is 0.0736. The number of piperazine rings is 1. The number of aromatic nitrogens is 4. The van der Waals surface area contributed by atoms with E-state index in [0.717, 1.165) is 35.7 Å². The zero-order chi connectivity index (χ0) is 23.6. The Morgan fingerprint density at radius 2 is 1.69 bits per heavy atom. The highest BCUT2D eigenvalue weighted by Gasteiger charge is 2.26. The number of carbonyl (C=O) groups is 1. The zero-order valence-electron chi connectivity index (χ0n) is 19.3. The van der Waals surface area contributed by atoms with Gasteiger partial charge in [-0.25, -0.2) is 4.98 Å². The van der Waals surface area contributed by atoms with Crippen molar-refractivity contribution in [2.24, 2.45) is 0 Å². The first-order valence-electron chi connectivity index (χ1n) is 12.1. The highest BCUT2D eigenvalue weighted by molar-refractivity contribution is 5.93. The Labute approximate surface area is 202 Å². The Balaban J connectivity index is 1.07. The van der Waals surface area contributed by atoms with Crippen LogP contribution in [0.3, 0.4) is 0 Å². The molecule has 0 spiro atoms. The molecule has 6 rings (SSSR count). The SMILES string of the molecule is O=C(c1cc(-c2ccccc2)on1)N1CCN(c2ccc(-c3noc(C4CCCC4)n3)cn2)CC1. The third kappa shape index (κ3) is 4.41. The van der Waals surface area contributed by atoms with Crippen molar-refractivity contribution in [1.29, 1.82) is 0 Å². The van der Waals surface area contributed by atoms with Gasteiger partial charge in [0, 0.05) is 55.5 Å². The summed E-state index contributed by atoms with van der Waals surface area (Å²) in [5.41, 5.74) is 2.07. The van der Waals surface area contributed by atoms with E-state index in [4.69, 9.17) is 9.05 Å². The van der Waals surface area contributed by atoms with Crippen molar-refractivity contribution < 1.29 is 13.8 Å². The second kappa shape index (κ2) is 9.32. The minimum atomic E-state index is -0.117. The molecule has 178 valence electrons. The van der Waals surface area contributed by atoms with E-state index < -0.39 is 0 Å². The summed E-state index contributed by atoms with van der Waals surface area (Å²) in [5.74, 6) is 3.06. The Bertz CT molecular complexity index is 1290. The molecule has 0 radical (unpaired) electrons. The van der Waals surface area contributed by atoms with Crippen LogP contribution in [0.2, 0.25) is 0 Å². The van der Waals surface area contributed by atoms with Crippen LogP contribution in [-0.4, -0.2) is 57.3 Å². The van der Waals surface area contributed by atoms with Gasteiger partial charge in [0.25, 0.3) is 5.91 Å². The lowest BCUT2D eigenvalue weighted by atomic mass is 10.1. The highest BCUT2D eigenvalue weighted by Crippen LogP contribution is 2.34. The molecule has 1 amide bonds. The molecule has 0 bridgehead atoms. The van der Waals surface area contributed by atoms with Gasteiger partial charge in [0.05, 0.1) is 0 Å². The van der Waals surface area contributed by atoms with E-state index in [1.807, 2.05) is 42.5 Å². The molecule has 0 N–H and O–H groups in total. The minimum Gasteiger partial charge on any atom is -0.355 e. The first-order valence-corrected chi connectivity index (χ1v) is 12.1. The molecule has 9 heteroatoms. The second-order valence-electron chi connectivity index (χ2n) is 9.06. The third-order valence-corrected chi connectivity index (χ3v) is 6.83. The van der Waals surface area contributed by atoms with E-state index in [1.165, 1.54) is 12.8 Å².